The highest BCUT2D eigenvalue weighted by atomic mass is 19.4. The summed E-state index contributed by atoms with van der Waals surface area (Å²) in [6, 6.07) is 4.75. The molecule has 0 saturated carbocycles. The minimum atomic E-state index is -4.35. The Morgan fingerprint density at radius 2 is 2.00 bits per heavy atom. The second-order valence-electron chi connectivity index (χ2n) is 6.58. The lowest BCUT2D eigenvalue weighted by Gasteiger charge is -2.32. The fourth-order valence-electron chi connectivity index (χ4n) is 3.12. The molecule has 0 aliphatic carbocycles. The van der Waals surface area contributed by atoms with Crippen molar-refractivity contribution in [2.24, 2.45) is 0 Å². The van der Waals surface area contributed by atoms with Crippen LogP contribution in [-0.4, -0.2) is 44.6 Å². The first-order chi connectivity index (χ1) is 13.4. The molecule has 28 heavy (non-hydrogen) atoms. The van der Waals surface area contributed by atoms with Gasteiger partial charge in [-0.25, -0.2) is 4.68 Å². The molecule has 10 heteroatoms. The Morgan fingerprint density at radius 1 is 1.21 bits per heavy atom. The van der Waals surface area contributed by atoms with Gasteiger partial charge in [0.05, 0.1) is 30.7 Å². The quantitative estimate of drug-likeness (QED) is 0.678. The van der Waals surface area contributed by atoms with Gasteiger partial charge >= 0.3 is 6.18 Å². The van der Waals surface area contributed by atoms with Crippen LogP contribution in [-0.2, 0) is 17.5 Å². The minimum absolute atomic E-state index is 0.149. The third kappa shape index (κ3) is 3.92. The van der Waals surface area contributed by atoms with Gasteiger partial charge in [-0.05, 0) is 31.2 Å². The number of hydrogen-bond acceptors (Lipinski definition) is 6. The summed E-state index contributed by atoms with van der Waals surface area (Å²) in [5, 5.41) is 8.11. The lowest BCUT2D eigenvalue weighted by atomic mass is 10.2. The maximum atomic E-state index is 12.7. The summed E-state index contributed by atoms with van der Waals surface area (Å²) in [6.45, 7) is 4.08. The Labute approximate surface area is 158 Å². The van der Waals surface area contributed by atoms with E-state index in [2.05, 4.69) is 20.1 Å². The van der Waals surface area contributed by atoms with E-state index in [1.54, 1.807) is 24.0 Å². The van der Waals surface area contributed by atoms with E-state index in [4.69, 9.17) is 9.26 Å². The van der Waals surface area contributed by atoms with Crippen molar-refractivity contribution in [1.82, 2.24) is 24.8 Å². The Kier molecular flexibility index (Phi) is 4.90. The molecule has 2 aromatic heterocycles. The third-order valence-electron chi connectivity index (χ3n) is 4.55. The molecule has 1 aliphatic rings. The molecule has 4 rings (SSSR count). The molecule has 1 aromatic carbocycles. The number of aryl methyl sites for hydroxylation is 1. The van der Waals surface area contributed by atoms with E-state index in [0.29, 0.717) is 43.7 Å². The SMILES string of the molecule is Cc1noc(C2COCCN2Cc2cnn(-c3ccc(C(F)(F)F)cc3)c2)n1. The van der Waals surface area contributed by atoms with E-state index in [9.17, 15) is 13.2 Å². The number of halogens is 3. The number of rotatable bonds is 4. The summed E-state index contributed by atoms with van der Waals surface area (Å²) in [7, 11) is 0. The number of hydrogen-bond donors (Lipinski definition) is 0. The minimum Gasteiger partial charge on any atom is -0.378 e. The molecular weight excluding hydrogens is 375 g/mol. The van der Waals surface area contributed by atoms with Gasteiger partial charge in [-0.2, -0.15) is 23.3 Å². The lowest BCUT2D eigenvalue weighted by molar-refractivity contribution is -0.137. The highest BCUT2D eigenvalue weighted by Crippen LogP contribution is 2.30. The van der Waals surface area contributed by atoms with Gasteiger partial charge in [0.1, 0.15) is 6.04 Å². The smallest absolute Gasteiger partial charge is 0.378 e. The van der Waals surface area contributed by atoms with Crippen LogP contribution in [0.4, 0.5) is 13.2 Å². The van der Waals surface area contributed by atoms with Crippen LogP contribution in [0, 0.1) is 6.92 Å². The first kappa shape index (κ1) is 18.6. The standard InChI is InChI=1S/C18H18F3N5O2/c1-12-23-17(28-24-12)16-11-27-7-6-25(16)9-13-8-22-26(10-13)15-4-2-14(3-5-15)18(19,20)21/h2-5,8,10,16H,6-7,9,11H2,1H3. The summed E-state index contributed by atoms with van der Waals surface area (Å²) in [5.74, 6) is 1.07. The zero-order valence-electron chi connectivity index (χ0n) is 15.1. The molecule has 0 N–H and O–H groups in total. The fourth-order valence-corrected chi connectivity index (χ4v) is 3.12. The van der Waals surface area contributed by atoms with Crippen LogP contribution in [0.5, 0.6) is 0 Å². The molecule has 1 aliphatic heterocycles. The Balaban J connectivity index is 1.49. The maximum Gasteiger partial charge on any atom is 0.416 e. The number of benzene rings is 1. The molecule has 148 valence electrons. The first-order valence-corrected chi connectivity index (χ1v) is 8.73. The van der Waals surface area contributed by atoms with E-state index in [1.165, 1.54) is 12.1 Å². The summed E-state index contributed by atoms with van der Waals surface area (Å²) in [6.07, 6.45) is -0.857. The number of ether oxygens (including phenoxy) is 1. The molecule has 0 amide bonds. The average Bonchev–Trinajstić information content (AvgIpc) is 3.31. The third-order valence-corrected chi connectivity index (χ3v) is 4.55. The monoisotopic (exact) mass is 393 g/mol. The number of nitrogens with zero attached hydrogens (tertiary/aromatic N) is 5. The molecule has 1 saturated heterocycles. The average molecular weight is 393 g/mol. The van der Waals surface area contributed by atoms with Gasteiger partial charge in [0, 0.05) is 24.8 Å². The Morgan fingerprint density at radius 3 is 2.68 bits per heavy atom. The van der Waals surface area contributed by atoms with E-state index in [-0.39, 0.29) is 6.04 Å². The van der Waals surface area contributed by atoms with Crippen LogP contribution in [0.3, 0.4) is 0 Å². The van der Waals surface area contributed by atoms with Gasteiger partial charge in [0.25, 0.3) is 0 Å². The second-order valence-corrected chi connectivity index (χ2v) is 6.58. The summed E-state index contributed by atoms with van der Waals surface area (Å²) in [5.41, 5.74) is 0.794. The van der Waals surface area contributed by atoms with Gasteiger partial charge < -0.3 is 9.26 Å². The summed E-state index contributed by atoms with van der Waals surface area (Å²) in [4.78, 5) is 6.45. The van der Waals surface area contributed by atoms with Crippen LogP contribution in [0.15, 0.2) is 41.2 Å². The molecule has 0 radical (unpaired) electrons. The topological polar surface area (TPSA) is 69.2 Å². The Bertz CT molecular complexity index is 935. The van der Waals surface area contributed by atoms with Crippen LogP contribution in [0.25, 0.3) is 5.69 Å². The molecule has 1 unspecified atom stereocenters. The fraction of sp³-hybridized carbons (Fsp3) is 0.389. The van der Waals surface area contributed by atoms with Gasteiger partial charge in [-0.15, -0.1) is 0 Å². The largest absolute Gasteiger partial charge is 0.416 e. The predicted octanol–water partition coefficient (Wildman–Crippen LogP) is 3.16. The first-order valence-electron chi connectivity index (χ1n) is 8.73. The van der Waals surface area contributed by atoms with Crippen LogP contribution in [0.1, 0.15) is 28.9 Å². The highest BCUT2D eigenvalue weighted by molar-refractivity contribution is 5.35. The molecule has 0 spiro atoms. The molecule has 7 nitrogen and oxygen atoms in total. The molecule has 1 fully saturated rings. The van der Waals surface area contributed by atoms with Crippen molar-refractivity contribution in [2.45, 2.75) is 25.7 Å². The van der Waals surface area contributed by atoms with Crippen molar-refractivity contribution in [3.63, 3.8) is 0 Å². The van der Waals surface area contributed by atoms with Crippen molar-refractivity contribution in [1.29, 1.82) is 0 Å². The summed E-state index contributed by atoms with van der Waals surface area (Å²) < 4.78 is 50.5. The molecule has 1 atom stereocenters. The molecule has 0 bridgehead atoms. The summed E-state index contributed by atoms with van der Waals surface area (Å²) >= 11 is 0. The zero-order chi connectivity index (χ0) is 19.7. The van der Waals surface area contributed by atoms with E-state index < -0.39 is 11.7 Å². The lowest BCUT2D eigenvalue weighted by Crippen LogP contribution is -2.39. The van der Waals surface area contributed by atoms with Crippen LogP contribution in [0.2, 0.25) is 0 Å². The van der Waals surface area contributed by atoms with E-state index in [0.717, 1.165) is 17.7 Å². The van der Waals surface area contributed by atoms with Crippen molar-refractivity contribution >= 4 is 0 Å². The van der Waals surface area contributed by atoms with Gasteiger partial charge in [0.15, 0.2) is 5.82 Å². The van der Waals surface area contributed by atoms with Gasteiger partial charge in [-0.1, -0.05) is 5.16 Å². The van der Waals surface area contributed by atoms with Crippen molar-refractivity contribution in [2.75, 3.05) is 19.8 Å². The number of morpholine rings is 1. The molecule has 3 aromatic rings. The van der Waals surface area contributed by atoms with E-state index >= 15 is 0 Å². The Hall–Kier alpha value is -2.72. The van der Waals surface area contributed by atoms with Crippen LogP contribution >= 0.6 is 0 Å². The maximum absolute atomic E-state index is 12.7. The zero-order valence-corrected chi connectivity index (χ0v) is 15.1. The van der Waals surface area contributed by atoms with Crippen LogP contribution < -0.4 is 0 Å². The van der Waals surface area contributed by atoms with E-state index in [1.807, 2.05) is 0 Å². The van der Waals surface area contributed by atoms with Gasteiger partial charge in [-0.3, -0.25) is 4.90 Å². The van der Waals surface area contributed by atoms with Crippen molar-refractivity contribution in [3.05, 3.63) is 59.5 Å². The number of aromatic nitrogens is 4. The predicted molar refractivity (Wildman–Crippen MR) is 91.6 cm³/mol. The van der Waals surface area contributed by atoms with Crippen molar-refractivity contribution < 1.29 is 22.4 Å². The molecule has 3 heterocycles. The van der Waals surface area contributed by atoms with Gasteiger partial charge in [0.2, 0.25) is 5.89 Å². The molecular formula is C18H18F3N5O2. The second kappa shape index (κ2) is 7.36. The van der Waals surface area contributed by atoms with Crippen molar-refractivity contribution in [3.8, 4) is 5.69 Å². The normalized spacial score (nSPS) is 18.5. The highest BCUT2D eigenvalue weighted by Gasteiger charge is 2.31. The number of alkyl halides is 3.